The molecule has 1 atom stereocenters. The van der Waals surface area contributed by atoms with Crippen LogP contribution in [0.25, 0.3) is 0 Å². The predicted octanol–water partition coefficient (Wildman–Crippen LogP) is 2.80. The van der Waals surface area contributed by atoms with E-state index in [-0.39, 0.29) is 0 Å². The molecule has 26 heavy (non-hydrogen) atoms. The monoisotopic (exact) mass is 375 g/mol. The van der Waals surface area contributed by atoms with Crippen LogP contribution in [0.3, 0.4) is 0 Å². The number of amides is 1. The van der Waals surface area contributed by atoms with E-state index in [1.54, 1.807) is 0 Å². The number of thioether (sulfide) groups is 1. The number of benzene rings is 1. The second kappa shape index (κ2) is 10.3. The Morgan fingerprint density at radius 3 is 2.65 bits per heavy atom. The van der Waals surface area contributed by atoms with Crippen LogP contribution < -0.4 is 0 Å². The lowest BCUT2D eigenvalue weighted by Crippen LogP contribution is -2.49. The van der Waals surface area contributed by atoms with Gasteiger partial charge in [0.15, 0.2) is 0 Å². The highest BCUT2D eigenvalue weighted by molar-refractivity contribution is 7.98. The zero-order valence-corrected chi connectivity index (χ0v) is 16.9. The molecule has 0 aliphatic carbocycles. The molecule has 2 heterocycles. The molecule has 0 unspecified atom stereocenters. The maximum Gasteiger partial charge on any atom is 0.223 e. The van der Waals surface area contributed by atoms with Crippen LogP contribution in [0.2, 0.25) is 0 Å². The van der Waals surface area contributed by atoms with Gasteiger partial charge in [0.25, 0.3) is 0 Å². The summed E-state index contributed by atoms with van der Waals surface area (Å²) >= 11 is 1.87. The fraction of sp³-hybridized carbons (Fsp3) is 0.667. The first-order chi connectivity index (χ1) is 12.7. The molecule has 0 spiro atoms. The Morgan fingerprint density at radius 1 is 1.12 bits per heavy atom. The standard InChI is InChI=1S/C21H33N3OS/c1-22-11-13-23(14-12-22)16-20-8-5-10-24(17-20)21(25)9-15-26-18-19-6-3-2-4-7-19/h2-4,6-7,20H,5,8-18H2,1H3/t20-/m0/s1. The van der Waals surface area contributed by atoms with Gasteiger partial charge in [0.05, 0.1) is 0 Å². The van der Waals surface area contributed by atoms with Gasteiger partial charge in [-0.3, -0.25) is 4.79 Å². The second-order valence-electron chi connectivity index (χ2n) is 7.74. The average Bonchev–Trinajstić information content (AvgIpc) is 2.68. The van der Waals surface area contributed by atoms with E-state index in [9.17, 15) is 4.79 Å². The van der Waals surface area contributed by atoms with Crippen molar-refractivity contribution < 1.29 is 4.79 Å². The smallest absolute Gasteiger partial charge is 0.223 e. The van der Waals surface area contributed by atoms with Gasteiger partial charge in [-0.1, -0.05) is 30.3 Å². The summed E-state index contributed by atoms with van der Waals surface area (Å²) in [5.74, 6) is 2.94. The maximum absolute atomic E-state index is 12.6. The summed E-state index contributed by atoms with van der Waals surface area (Å²) in [6.07, 6.45) is 3.12. The molecule has 144 valence electrons. The van der Waals surface area contributed by atoms with Crippen LogP contribution in [-0.2, 0) is 10.5 Å². The summed E-state index contributed by atoms with van der Waals surface area (Å²) in [5, 5.41) is 0. The highest BCUT2D eigenvalue weighted by Gasteiger charge is 2.25. The minimum absolute atomic E-state index is 0.355. The molecule has 2 fully saturated rings. The van der Waals surface area contributed by atoms with Gasteiger partial charge in [-0.15, -0.1) is 0 Å². The first-order valence-corrected chi connectivity index (χ1v) is 11.2. The molecule has 2 aliphatic rings. The summed E-state index contributed by atoms with van der Waals surface area (Å²) in [6.45, 7) is 7.80. The van der Waals surface area contributed by atoms with E-state index in [4.69, 9.17) is 0 Å². The van der Waals surface area contributed by atoms with Crippen molar-refractivity contribution in [1.82, 2.24) is 14.7 Å². The molecule has 0 saturated carbocycles. The van der Waals surface area contributed by atoms with Gasteiger partial charge < -0.3 is 14.7 Å². The zero-order valence-electron chi connectivity index (χ0n) is 16.1. The molecule has 5 heteroatoms. The zero-order chi connectivity index (χ0) is 18.2. The van der Waals surface area contributed by atoms with E-state index in [0.29, 0.717) is 18.2 Å². The normalized spacial score (nSPS) is 22.5. The molecule has 4 nitrogen and oxygen atoms in total. The number of piperidine rings is 1. The number of piperazine rings is 1. The fourth-order valence-corrected chi connectivity index (χ4v) is 4.81. The third kappa shape index (κ3) is 6.29. The summed E-state index contributed by atoms with van der Waals surface area (Å²) < 4.78 is 0. The van der Waals surface area contributed by atoms with Gasteiger partial charge in [-0.05, 0) is 31.4 Å². The lowest BCUT2D eigenvalue weighted by Gasteiger charge is -2.38. The van der Waals surface area contributed by atoms with E-state index in [1.165, 1.54) is 51.1 Å². The minimum Gasteiger partial charge on any atom is -0.342 e. The number of likely N-dealkylation sites (N-methyl/N-ethyl adjacent to an activating group) is 1. The van der Waals surface area contributed by atoms with E-state index in [0.717, 1.165) is 24.6 Å². The second-order valence-corrected chi connectivity index (χ2v) is 8.85. The number of carbonyl (C=O) groups is 1. The molecule has 0 N–H and O–H groups in total. The molecular formula is C21H33N3OS. The van der Waals surface area contributed by atoms with Crippen molar-refractivity contribution in [3.8, 4) is 0 Å². The lowest BCUT2D eigenvalue weighted by molar-refractivity contribution is -0.132. The molecule has 1 amide bonds. The summed E-state index contributed by atoms with van der Waals surface area (Å²) in [7, 11) is 2.20. The Balaban J connectivity index is 1.34. The molecule has 0 bridgehead atoms. The number of hydrogen-bond acceptors (Lipinski definition) is 4. The van der Waals surface area contributed by atoms with Gasteiger partial charge in [0, 0.05) is 63.7 Å². The molecule has 1 aromatic carbocycles. The fourth-order valence-electron chi connectivity index (χ4n) is 3.92. The van der Waals surface area contributed by atoms with Crippen molar-refractivity contribution in [1.29, 1.82) is 0 Å². The highest BCUT2D eigenvalue weighted by Crippen LogP contribution is 2.20. The van der Waals surface area contributed by atoms with E-state index >= 15 is 0 Å². The third-order valence-corrected chi connectivity index (χ3v) is 6.59. The quantitative estimate of drug-likeness (QED) is 0.685. The van der Waals surface area contributed by atoms with Crippen molar-refractivity contribution in [2.24, 2.45) is 5.92 Å². The molecule has 0 aromatic heterocycles. The van der Waals surface area contributed by atoms with E-state index in [1.807, 2.05) is 17.8 Å². The highest BCUT2D eigenvalue weighted by atomic mass is 32.2. The number of likely N-dealkylation sites (tertiary alicyclic amines) is 1. The average molecular weight is 376 g/mol. The third-order valence-electron chi connectivity index (χ3n) is 5.56. The van der Waals surface area contributed by atoms with Crippen LogP contribution in [0, 0.1) is 5.92 Å². The number of hydrogen-bond donors (Lipinski definition) is 0. The van der Waals surface area contributed by atoms with Gasteiger partial charge in [-0.2, -0.15) is 11.8 Å². The Labute approximate surface area is 162 Å². The summed E-state index contributed by atoms with van der Waals surface area (Å²) in [4.78, 5) is 19.7. The molecule has 0 radical (unpaired) electrons. The number of nitrogens with zero attached hydrogens (tertiary/aromatic N) is 3. The van der Waals surface area contributed by atoms with Crippen LogP contribution in [0.4, 0.5) is 0 Å². The van der Waals surface area contributed by atoms with Crippen molar-refractivity contribution in [3.05, 3.63) is 35.9 Å². The Morgan fingerprint density at radius 2 is 1.88 bits per heavy atom. The van der Waals surface area contributed by atoms with Gasteiger partial charge >= 0.3 is 0 Å². The minimum atomic E-state index is 0.355. The molecule has 2 saturated heterocycles. The van der Waals surface area contributed by atoms with Crippen molar-refractivity contribution >= 4 is 17.7 Å². The first-order valence-electron chi connectivity index (χ1n) is 10.0. The van der Waals surface area contributed by atoms with Crippen LogP contribution >= 0.6 is 11.8 Å². The molecular weight excluding hydrogens is 342 g/mol. The van der Waals surface area contributed by atoms with E-state index in [2.05, 4.69) is 46.0 Å². The maximum atomic E-state index is 12.6. The summed E-state index contributed by atoms with van der Waals surface area (Å²) in [6, 6.07) is 10.5. The molecule has 3 rings (SSSR count). The lowest BCUT2D eigenvalue weighted by atomic mass is 9.97. The molecule has 2 aliphatic heterocycles. The van der Waals surface area contributed by atoms with Gasteiger partial charge in [-0.25, -0.2) is 0 Å². The van der Waals surface area contributed by atoms with Gasteiger partial charge in [0.2, 0.25) is 5.91 Å². The molecule has 1 aromatic rings. The first kappa shape index (κ1) is 19.7. The van der Waals surface area contributed by atoms with Crippen LogP contribution in [0.1, 0.15) is 24.8 Å². The SMILES string of the molecule is CN1CCN(C[C@@H]2CCCN(C(=O)CCSCc3ccccc3)C2)CC1. The van der Waals surface area contributed by atoms with Crippen molar-refractivity contribution in [2.75, 3.05) is 58.6 Å². The largest absolute Gasteiger partial charge is 0.342 e. The Bertz CT molecular complexity index is 545. The predicted molar refractivity (Wildman–Crippen MR) is 110 cm³/mol. The Kier molecular flexibility index (Phi) is 7.84. The topological polar surface area (TPSA) is 26.8 Å². The van der Waals surface area contributed by atoms with Crippen LogP contribution in [0.15, 0.2) is 30.3 Å². The summed E-state index contributed by atoms with van der Waals surface area (Å²) in [5.41, 5.74) is 1.34. The van der Waals surface area contributed by atoms with Crippen molar-refractivity contribution in [3.63, 3.8) is 0 Å². The van der Waals surface area contributed by atoms with Crippen LogP contribution in [0.5, 0.6) is 0 Å². The van der Waals surface area contributed by atoms with E-state index < -0.39 is 0 Å². The van der Waals surface area contributed by atoms with Gasteiger partial charge in [0.1, 0.15) is 0 Å². The Hall–Kier alpha value is -1.04. The van der Waals surface area contributed by atoms with Crippen molar-refractivity contribution in [2.45, 2.75) is 25.0 Å². The number of rotatable bonds is 7. The van der Waals surface area contributed by atoms with Crippen LogP contribution in [-0.4, -0.2) is 79.2 Å². The number of carbonyl (C=O) groups excluding carboxylic acids is 1.